The van der Waals surface area contributed by atoms with Crippen molar-refractivity contribution in [1.82, 2.24) is 19.8 Å². The first-order valence-corrected chi connectivity index (χ1v) is 10.5. The lowest BCUT2D eigenvalue weighted by molar-refractivity contribution is -0.147. The molecule has 0 aliphatic heterocycles. The minimum absolute atomic E-state index is 0.0214. The molecule has 0 aliphatic carbocycles. The number of aromatic amines is 1. The molecule has 4 rings (SSSR count). The summed E-state index contributed by atoms with van der Waals surface area (Å²) in [5.74, 6) is -0.764. The topological polar surface area (TPSA) is 118 Å². The number of ketones is 1. The maximum absolute atomic E-state index is 12.1. The number of esters is 1. The minimum Gasteiger partial charge on any atom is -0.456 e. The number of ether oxygens (including phenoxy) is 1. The van der Waals surface area contributed by atoms with Gasteiger partial charge in [-0.15, -0.1) is 5.10 Å². The maximum atomic E-state index is 12.1. The Kier molecular flexibility index (Phi) is 6.50. The number of halogens is 1. The number of hydrogen-bond donors (Lipinski definition) is 2. The number of rotatable bonds is 8. The van der Waals surface area contributed by atoms with Crippen LogP contribution in [0.2, 0.25) is 5.02 Å². The average Bonchev–Trinajstić information content (AvgIpc) is 3.35. The molecule has 0 saturated carbocycles. The number of benzene rings is 2. The van der Waals surface area contributed by atoms with Crippen LogP contribution in [0.15, 0.2) is 54.6 Å². The van der Waals surface area contributed by atoms with Crippen LogP contribution in [0.3, 0.4) is 0 Å². The molecule has 2 aromatic carbocycles. The quantitative estimate of drug-likeness (QED) is 0.301. The second-order valence-electron chi connectivity index (χ2n) is 7.30. The second-order valence-corrected chi connectivity index (χ2v) is 7.67. The summed E-state index contributed by atoms with van der Waals surface area (Å²) in [5.41, 5.74) is 3.12. The van der Waals surface area contributed by atoms with Crippen LogP contribution in [0.4, 0.5) is 5.69 Å². The molecule has 33 heavy (non-hydrogen) atoms. The predicted octanol–water partition coefficient (Wildman–Crippen LogP) is 3.83. The fraction of sp³-hybridized carbons (Fsp3) is 0.174. The number of aromatic nitrogens is 4. The Morgan fingerprint density at radius 3 is 2.48 bits per heavy atom. The van der Waals surface area contributed by atoms with Crippen molar-refractivity contribution in [2.45, 2.75) is 19.8 Å². The second kappa shape index (κ2) is 9.66. The highest BCUT2D eigenvalue weighted by molar-refractivity contribution is 6.34. The summed E-state index contributed by atoms with van der Waals surface area (Å²) in [5, 5.41) is 10.5. The molecule has 0 spiro atoms. The van der Waals surface area contributed by atoms with E-state index in [1.165, 1.54) is 4.63 Å². The van der Waals surface area contributed by atoms with Crippen molar-refractivity contribution in [2.75, 3.05) is 11.9 Å². The molecule has 168 valence electrons. The SMILES string of the molecule is Cc1[nH]n2nc(-c3ccc(NC(=O)COC(=O)CCC(=O)c4ccccc4)cc3)nc2c1Cl. The molecule has 0 radical (unpaired) electrons. The van der Waals surface area contributed by atoms with E-state index in [9.17, 15) is 14.4 Å². The number of nitrogens with one attached hydrogen (secondary N) is 2. The smallest absolute Gasteiger partial charge is 0.306 e. The molecule has 0 aliphatic rings. The van der Waals surface area contributed by atoms with E-state index >= 15 is 0 Å². The molecule has 2 heterocycles. The van der Waals surface area contributed by atoms with Gasteiger partial charge >= 0.3 is 5.97 Å². The number of amides is 1. The third-order valence-electron chi connectivity index (χ3n) is 4.85. The Hall–Kier alpha value is -3.98. The first-order chi connectivity index (χ1) is 15.9. The van der Waals surface area contributed by atoms with Crippen LogP contribution in [0.5, 0.6) is 0 Å². The average molecular weight is 466 g/mol. The molecule has 0 fully saturated rings. The Bertz CT molecular complexity index is 1310. The fourth-order valence-corrected chi connectivity index (χ4v) is 3.30. The largest absolute Gasteiger partial charge is 0.456 e. The van der Waals surface area contributed by atoms with Gasteiger partial charge < -0.3 is 10.1 Å². The molecular formula is C23H20ClN5O4. The minimum atomic E-state index is -0.611. The number of hydrogen-bond acceptors (Lipinski definition) is 6. The third-order valence-corrected chi connectivity index (χ3v) is 5.30. The van der Waals surface area contributed by atoms with Crippen LogP contribution in [-0.2, 0) is 14.3 Å². The molecule has 2 aromatic heterocycles. The number of carbonyl (C=O) groups is 3. The zero-order valence-corrected chi connectivity index (χ0v) is 18.4. The van der Waals surface area contributed by atoms with E-state index in [2.05, 4.69) is 20.5 Å². The monoisotopic (exact) mass is 465 g/mol. The van der Waals surface area contributed by atoms with Gasteiger partial charge in [-0.05, 0) is 31.2 Å². The van der Waals surface area contributed by atoms with E-state index in [-0.39, 0.29) is 18.6 Å². The van der Waals surface area contributed by atoms with E-state index in [0.717, 1.165) is 11.3 Å². The van der Waals surface area contributed by atoms with Crippen molar-refractivity contribution in [3.05, 3.63) is 70.9 Å². The van der Waals surface area contributed by atoms with Gasteiger partial charge in [-0.2, -0.15) is 4.63 Å². The van der Waals surface area contributed by atoms with Crippen molar-refractivity contribution in [2.24, 2.45) is 0 Å². The van der Waals surface area contributed by atoms with E-state index < -0.39 is 18.5 Å². The summed E-state index contributed by atoms with van der Waals surface area (Å²) in [6.07, 6.45) is -0.0710. The van der Waals surface area contributed by atoms with Crippen LogP contribution in [0, 0.1) is 6.92 Å². The van der Waals surface area contributed by atoms with Gasteiger partial charge in [0.05, 0.1) is 12.1 Å². The molecule has 0 unspecified atom stereocenters. The number of Topliss-reactive ketones (excluding diaryl/α,β-unsaturated/α-hetero) is 1. The molecule has 0 saturated heterocycles. The van der Waals surface area contributed by atoms with Crippen LogP contribution in [-0.4, -0.2) is 44.1 Å². The lowest BCUT2D eigenvalue weighted by Gasteiger charge is -2.07. The number of nitrogens with zero attached hydrogens (tertiary/aromatic N) is 3. The number of H-pyrrole nitrogens is 1. The van der Waals surface area contributed by atoms with E-state index in [4.69, 9.17) is 16.3 Å². The fourth-order valence-electron chi connectivity index (χ4n) is 3.13. The van der Waals surface area contributed by atoms with Gasteiger partial charge in [0.2, 0.25) is 0 Å². The molecule has 0 atom stereocenters. The highest BCUT2D eigenvalue weighted by atomic mass is 35.5. The van der Waals surface area contributed by atoms with Gasteiger partial charge in [0.25, 0.3) is 5.91 Å². The highest BCUT2D eigenvalue weighted by Crippen LogP contribution is 2.24. The van der Waals surface area contributed by atoms with Crippen LogP contribution < -0.4 is 5.32 Å². The molecular weight excluding hydrogens is 446 g/mol. The molecule has 2 N–H and O–H groups in total. The number of aryl methyl sites for hydroxylation is 1. The molecule has 10 heteroatoms. The standard InChI is InChI=1S/C23H20ClN5O4/c1-14-21(24)23-26-22(28-29(23)27-14)16-7-9-17(10-8-16)25-19(31)13-33-20(32)12-11-18(30)15-5-3-2-4-6-15/h2-10,27H,11-13H2,1H3,(H,25,31). The summed E-state index contributed by atoms with van der Waals surface area (Å²) in [7, 11) is 0. The van der Waals surface area contributed by atoms with Crippen LogP contribution >= 0.6 is 11.6 Å². The van der Waals surface area contributed by atoms with Crippen molar-refractivity contribution >= 4 is 40.6 Å². The molecule has 1 amide bonds. The van der Waals surface area contributed by atoms with Crippen molar-refractivity contribution in [3.63, 3.8) is 0 Å². The summed E-state index contributed by atoms with van der Waals surface area (Å²) >= 11 is 6.19. The first-order valence-electron chi connectivity index (χ1n) is 10.2. The maximum Gasteiger partial charge on any atom is 0.306 e. The number of carbonyl (C=O) groups excluding carboxylic acids is 3. The number of anilines is 1. The van der Waals surface area contributed by atoms with Gasteiger partial charge in [0, 0.05) is 23.2 Å². The molecule has 9 nitrogen and oxygen atoms in total. The zero-order chi connectivity index (χ0) is 23.4. The summed E-state index contributed by atoms with van der Waals surface area (Å²) < 4.78 is 6.46. The van der Waals surface area contributed by atoms with Crippen molar-refractivity contribution in [1.29, 1.82) is 0 Å². The summed E-state index contributed by atoms with van der Waals surface area (Å²) in [6, 6.07) is 15.6. The molecule has 4 aromatic rings. The Balaban J connectivity index is 1.25. The first kappa shape index (κ1) is 22.2. The lowest BCUT2D eigenvalue weighted by Crippen LogP contribution is -2.21. The highest BCUT2D eigenvalue weighted by Gasteiger charge is 2.14. The zero-order valence-electron chi connectivity index (χ0n) is 17.7. The van der Waals surface area contributed by atoms with E-state index in [1.54, 1.807) is 48.5 Å². The van der Waals surface area contributed by atoms with E-state index in [1.807, 2.05) is 13.0 Å². The normalized spacial score (nSPS) is 10.8. The lowest BCUT2D eigenvalue weighted by atomic mass is 10.1. The van der Waals surface area contributed by atoms with Gasteiger partial charge in [0.15, 0.2) is 23.9 Å². The Morgan fingerprint density at radius 2 is 1.79 bits per heavy atom. The summed E-state index contributed by atoms with van der Waals surface area (Å²) in [6.45, 7) is 1.39. The third kappa shape index (κ3) is 5.27. The van der Waals surface area contributed by atoms with Crippen molar-refractivity contribution < 1.29 is 19.1 Å². The van der Waals surface area contributed by atoms with Gasteiger partial charge in [-0.3, -0.25) is 19.5 Å². The van der Waals surface area contributed by atoms with Crippen molar-refractivity contribution in [3.8, 4) is 11.4 Å². The van der Waals surface area contributed by atoms with Crippen LogP contribution in [0.1, 0.15) is 28.9 Å². The predicted molar refractivity (Wildman–Crippen MR) is 122 cm³/mol. The number of fused-ring (bicyclic) bond motifs is 1. The Labute approximate surface area is 193 Å². The van der Waals surface area contributed by atoms with Crippen LogP contribution in [0.25, 0.3) is 17.0 Å². The molecule has 0 bridgehead atoms. The van der Waals surface area contributed by atoms with Gasteiger partial charge in [-0.1, -0.05) is 41.9 Å². The Morgan fingerprint density at radius 1 is 1.06 bits per heavy atom. The van der Waals surface area contributed by atoms with Gasteiger partial charge in [-0.25, -0.2) is 4.98 Å². The van der Waals surface area contributed by atoms with E-state index in [0.29, 0.717) is 27.7 Å². The summed E-state index contributed by atoms with van der Waals surface area (Å²) in [4.78, 5) is 40.4. The van der Waals surface area contributed by atoms with Gasteiger partial charge in [0.1, 0.15) is 5.02 Å².